The van der Waals surface area contributed by atoms with Gasteiger partial charge < -0.3 is 4.74 Å². The standard InChI is InChI=1S/C6H5F5O2/c7-5(8,6(9,10)11)2-3-1-4(12)13-3/h3H,1-2H2. The molecule has 0 N–H and O–H groups in total. The summed E-state index contributed by atoms with van der Waals surface area (Å²) in [6.07, 6.45) is -8.73. The maximum Gasteiger partial charge on any atom is 0.453 e. The van der Waals surface area contributed by atoms with Gasteiger partial charge in [-0.25, -0.2) is 0 Å². The van der Waals surface area contributed by atoms with E-state index < -0.39 is 30.6 Å². The normalized spacial score (nSPS) is 23.8. The number of alkyl halides is 5. The molecule has 7 heteroatoms. The van der Waals surface area contributed by atoms with Gasteiger partial charge >= 0.3 is 18.1 Å². The fourth-order valence-electron chi connectivity index (χ4n) is 0.878. The Morgan fingerprint density at radius 2 is 1.77 bits per heavy atom. The Morgan fingerprint density at radius 1 is 1.31 bits per heavy atom. The second-order valence-electron chi connectivity index (χ2n) is 2.72. The van der Waals surface area contributed by atoms with Crippen LogP contribution in [0.1, 0.15) is 12.8 Å². The zero-order valence-electron chi connectivity index (χ0n) is 6.20. The third-order valence-electron chi connectivity index (χ3n) is 1.59. The fraction of sp³-hybridized carbons (Fsp3) is 0.833. The molecule has 0 aromatic carbocycles. The first-order chi connectivity index (χ1) is 5.72. The minimum Gasteiger partial charge on any atom is -0.461 e. The summed E-state index contributed by atoms with van der Waals surface area (Å²) in [4.78, 5) is 10.1. The lowest BCUT2D eigenvalue weighted by atomic mass is 10.0. The first kappa shape index (κ1) is 10.2. The number of carbonyl (C=O) groups excluding carboxylic acids is 1. The molecule has 0 aromatic heterocycles. The second-order valence-corrected chi connectivity index (χ2v) is 2.72. The van der Waals surface area contributed by atoms with Gasteiger partial charge in [-0.1, -0.05) is 0 Å². The lowest BCUT2D eigenvalue weighted by molar-refractivity contribution is -0.293. The van der Waals surface area contributed by atoms with Crippen molar-refractivity contribution in [1.29, 1.82) is 0 Å². The van der Waals surface area contributed by atoms with E-state index in [1.54, 1.807) is 0 Å². The van der Waals surface area contributed by atoms with Crippen molar-refractivity contribution in [2.24, 2.45) is 0 Å². The van der Waals surface area contributed by atoms with Crippen molar-refractivity contribution in [2.45, 2.75) is 31.0 Å². The molecule has 1 aliphatic rings. The zero-order valence-corrected chi connectivity index (χ0v) is 6.20. The van der Waals surface area contributed by atoms with Crippen molar-refractivity contribution in [1.82, 2.24) is 0 Å². The molecule has 0 spiro atoms. The van der Waals surface area contributed by atoms with Crippen LogP contribution in [0.3, 0.4) is 0 Å². The minimum absolute atomic E-state index is 0.369. The quantitative estimate of drug-likeness (QED) is 0.507. The summed E-state index contributed by atoms with van der Waals surface area (Å²) in [7, 11) is 0. The van der Waals surface area contributed by atoms with Gasteiger partial charge in [0.15, 0.2) is 0 Å². The molecule has 1 unspecified atom stereocenters. The number of cyclic esters (lactones) is 1. The van der Waals surface area contributed by atoms with Gasteiger partial charge in [-0.15, -0.1) is 0 Å². The molecule has 2 nitrogen and oxygen atoms in total. The summed E-state index contributed by atoms with van der Waals surface area (Å²) in [5.41, 5.74) is 0. The highest BCUT2D eigenvalue weighted by molar-refractivity contribution is 5.75. The Morgan fingerprint density at radius 3 is 2.08 bits per heavy atom. The molecule has 76 valence electrons. The van der Waals surface area contributed by atoms with Crippen LogP contribution < -0.4 is 0 Å². The zero-order chi connectivity index (χ0) is 10.3. The molecule has 1 aliphatic heterocycles. The topological polar surface area (TPSA) is 26.3 Å². The Bertz CT molecular complexity index is 214. The van der Waals surface area contributed by atoms with Crippen molar-refractivity contribution >= 4 is 5.97 Å². The van der Waals surface area contributed by atoms with Gasteiger partial charge in [0.1, 0.15) is 6.10 Å². The van der Waals surface area contributed by atoms with E-state index in [0.717, 1.165) is 0 Å². The summed E-state index contributed by atoms with van der Waals surface area (Å²) in [6.45, 7) is 0. The SMILES string of the molecule is O=C1CC(CC(F)(F)C(F)(F)F)O1. The highest BCUT2D eigenvalue weighted by atomic mass is 19.4. The van der Waals surface area contributed by atoms with Gasteiger partial charge in [0.25, 0.3) is 0 Å². The van der Waals surface area contributed by atoms with Gasteiger partial charge in [0.05, 0.1) is 12.8 Å². The van der Waals surface area contributed by atoms with E-state index in [1.165, 1.54) is 0 Å². The number of ether oxygens (including phenoxy) is 1. The van der Waals surface area contributed by atoms with Gasteiger partial charge in [-0.2, -0.15) is 22.0 Å². The third-order valence-corrected chi connectivity index (χ3v) is 1.59. The Hall–Kier alpha value is -0.880. The molecule has 1 fully saturated rings. The predicted molar refractivity (Wildman–Crippen MR) is 30.1 cm³/mol. The van der Waals surface area contributed by atoms with E-state index in [9.17, 15) is 26.7 Å². The summed E-state index contributed by atoms with van der Waals surface area (Å²) in [6, 6.07) is 0. The molecule has 1 heterocycles. The Kier molecular flexibility index (Phi) is 2.21. The Balaban J connectivity index is 2.48. The lowest BCUT2D eigenvalue weighted by Gasteiger charge is -2.29. The van der Waals surface area contributed by atoms with Crippen LogP contribution in [0.15, 0.2) is 0 Å². The fourth-order valence-corrected chi connectivity index (χ4v) is 0.878. The average molecular weight is 204 g/mol. The first-order valence-corrected chi connectivity index (χ1v) is 3.36. The van der Waals surface area contributed by atoms with Crippen molar-refractivity contribution in [2.75, 3.05) is 0 Å². The smallest absolute Gasteiger partial charge is 0.453 e. The van der Waals surface area contributed by atoms with Gasteiger partial charge in [-0.05, 0) is 0 Å². The van der Waals surface area contributed by atoms with Crippen LogP contribution in [-0.4, -0.2) is 24.2 Å². The van der Waals surface area contributed by atoms with Crippen LogP contribution in [0.5, 0.6) is 0 Å². The molecule has 1 saturated heterocycles. The van der Waals surface area contributed by atoms with Crippen LogP contribution in [0.4, 0.5) is 22.0 Å². The number of halogens is 5. The summed E-state index contributed by atoms with van der Waals surface area (Å²) in [5.74, 6) is -5.53. The molecule has 0 aliphatic carbocycles. The predicted octanol–water partition coefficient (Wildman–Crippen LogP) is 1.89. The van der Waals surface area contributed by atoms with Crippen LogP contribution in [0.2, 0.25) is 0 Å². The number of rotatable bonds is 2. The largest absolute Gasteiger partial charge is 0.461 e. The number of esters is 1. The maximum atomic E-state index is 12.2. The average Bonchev–Trinajstić information content (AvgIpc) is 1.80. The highest BCUT2D eigenvalue weighted by Crippen LogP contribution is 2.40. The molecule has 0 saturated carbocycles. The summed E-state index contributed by atoms with van der Waals surface area (Å²) in [5, 5.41) is 0. The van der Waals surface area contributed by atoms with Crippen LogP contribution in [0, 0.1) is 0 Å². The van der Waals surface area contributed by atoms with Crippen LogP contribution in [0.25, 0.3) is 0 Å². The molecule has 0 bridgehead atoms. The molecule has 0 amide bonds. The van der Waals surface area contributed by atoms with Crippen LogP contribution >= 0.6 is 0 Å². The molecular formula is C6H5F5O2. The molecular weight excluding hydrogens is 199 g/mol. The highest BCUT2D eigenvalue weighted by Gasteiger charge is 2.59. The molecule has 1 rings (SSSR count). The van der Waals surface area contributed by atoms with E-state index in [4.69, 9.17) is 0 Å². The van der Waals surface area contributed by atoms with Gasteiger partial charge in [-0.3, -0.25) is 4.79 Å². The van der Waals surface area contributed by atoms with E-state index in [1.807, 2.05) is 0 Å². The Labute approximate surface area is 69.7 Å². The molecule has 1 atom stereocenters. The van der Waals surface area contributed by atoms with Crippen molar-refractivity contribution in [3.05, 3.63) is 0 Å². The van der Waals surface area contributed by atoms with Crippen molar-refractivity contribution in [3.63, 3.8) is 0 Å². The number of hydrogen-bond donors (Lipinski definition) is 0. The monoisotopic (exact) mass is 204 g/mol. The molecule has 0 radical (unpaired) electrons. The van der Waals surface area contributed by atoms with E-state index >= 15 is 0 Å². The minimum atomic E-state index is -5.57. The van der Waals surface area contributed by atoms with E-state index in [-0.39, 0.29) is 6.42 Å². The summed E-state index contributed by atoms with van der Waals surface area (Å²) >= 11 is 0. The van der Waals surface area contributed by atoms with Gasteiger partial charge in [0, 0.05) is 0 Å². The van der Waals surface area contributed by atoms with Crippen molar-refractivity contribution < 1.29 is 31.5 Å². The first-order valence-electron chi connectivity index (χ1n) is 3.36. The lowest BCUT2D eigenvalue weighted by Crippen LogP contribution is -2.44. The second kappa shape index (κ2) is 2.81. The molecule has 0 aromatic rings. The third kappa shape index (κ3) is 2.07. The number of carbonyl (C=O) groups is 1. The summed E-state index contributed by atoms with van der Waals surface area (Å²) < 4.78 is 63.2. The van der Waals surface area contributed by atoms with Gasteiger partial charge in [0.2, 0.25) is 0 Å². The molecule has 13 heavy (non-hydrogen) atoms. The number of hydrogen-bond acceptors (Lipinski definition) is 2. The van der Waals surface area contributed by atoms with E-state index in [2.05, 4.69) is 4.74 Å². The maximum absolute atomic E-state index is 12.2. The van der Waals surface area contributed by atoms with Crippen molar-refractivity contribution in [3.8, 4) is 0 Å². The van der Waals surface area contributed by atoms with E-state index in [0.29, 0.717) is 0 Å². The van der Waals surface area contributed by atoms with Crippen LogP contribution in [-0.2, 0) is 9.53 Å².